The summed E-state index contributed by atoms with van der Waals surface area (Å²) in [4.78, 5) is 27.1. The number of hydrogen-bond acceptors (Lipinski definition) is 5. The van der Waals surface area contributed by atoms with Gasteiger partial charge in [0, 0.05) is 29.9 Å². The fourth-order valence-corrected chi connectivity index (χ4v) is 6.56. The van der Waals surface area contributed by atoms with Crippen LogP contribution in [0.2, 0.25) is 0 Å². The van der Waals surface area contributed by atoms with Crippen molar-refractivity contribution in [2.75, 3.05) is 5.32 Å². The zero-order valence-corrected chi connectivity index (χ0v) is 28.7. The molecule has 4 aromatic rings. The molecular weight excluding hydrogens is 588 g/mol. The van der Waals surface area contributed by atoms with E-state index in [1.54, 1.807) is 0 Å². The minimum absolute atomic E-state index is 0.0402. The minimum atomic E-state index is -0.856. The molecule has 0 bridgehead atoms. The summed E-state index contributed by atoms with van der Waals surface area (Å²) in [6.07, 6.45) is 0.903. The monoisotopic (exact) mass is 636 g/mol. The molecule has 2 heterocycles. The molecule has 0 radical (unpaired) electrons. The van der Waals surface area contributed by atoms with E-state index in [0.29, 0.717) is 24.9 Å². The molecule has 7 heteroatoms. The van der Waals surface area contributed by atoms with Crippen molar-refractivity contribution in [1.82, 2.24) is 4.57 Å². The van der Waals surface area contributed by atoms with Gasteiger partial charge in [-0.3, -0.25) is 9.59 Å². The van der Waals surface area contributed by atoms with Crippen molar-refractivity contribution in [2.24, 2.45) is 0 Å². The molecule has 0 aliphatic carbocycles. The Hall–Kier alpha value is -4.20. The van der Waals surface area contributed by atoms with E-state index in [0.717, 1.165) is 33.8 Å². The average molecular weight is 637 g/mol. The summed E-state index contributed by atoms with van der Waals surface area (Å²) in [7, 11) is 0. The van der Waals surface area contributed by atoms with Crippen LogP contribution in [-0.4, -0.2) is 40.0 Å². The van der Waals surface area contributed by atoms with Crippen LogP contribution < -0.4 is 5.32 Å². The molecule has 2 atom stereocenters. The number of para-hydroxylation sites is 1. The highest BCUT2D eigenvalue weighted by Gasteiger charge is 2.38. The van der Waals surface area contributed by atoms with Crippen LogP contribution in [0.25, 0.3) is 22.4 Å². The Kier molecular flexibility index (Phi) is 10.4. The molecule has 1 N–H and O–H groups in total. The van der Waals surface area contributed by atoms with Gasteiger partial charge < -0.3 is 24.1 Å². The minimum Gasteiger partial charge on any atom is -0.460 e. The summed E-state index contributed by atoms with van der Waals surface area (Å²) in [5.41, 5.74) is 5.73. The van der Waals surface area contributed by atoms with Crippen LogP contribution in [0.3, 0.4) is 0 Å². The second kappa shape index (κ2) is 14.3. The Bertz CT molecular complexity index is 1650. The van der Waals surface area contributed by atoms with Crippen molar-refractivity contribution in [3.05, 3.63) is 102 Å². The summed E-state index contributed by atoms with van der Waals surface area (Å²) in [6, 6.07) is 30.0. The zero-order chi connectivity index (χ0) is 33.8. The lowest BCUT2D eigenvalue weighted by atomic mass is 9.94. The standard InChI is InChI=1S/C40H48N2O5/c1-27(2)36-35(38(44)41-30-21-15-10-16-22-30)34(28-17-11-8-12-18-28)37(29-19-13-9-14-20-29)42(36)24-23-31-25-32(46-40(6,7)45-31)26-33(43)47-39(3,4)5/h8-22,27,31-32H,23-26H2,1-7H3,(H,41,44)/t31-,32-/m1/s1. The molecule has 1 amide bonds. The molecule has 47 heavy (non-hydrogen) atoms. The van der Waals surface area contributed by atoms with Gasteiger partial charge >= 0.3 is 5.97 Å². The van der Waals surface area contributed by atoms with Gasteiger partial charge in [0.2, 0.25) is 0 Å². The van der Waals surface area contributed by atoms with Crippen molar-refractivity contribution < 1.29 is 23.8 Å². The Labute approximate surface area is 279 Å². The summed E-state index contributed by atoms with van der Waals surface area (Å²) in [5, 5.41) is 3.17. The number of rotatable bonds is 10. The number of carbonyl (C=O) groups excluding carboxylic acids is 2. The zero-order valence-electron chi connectivity index (χ0n) is 28.7. The van der Waals surface area contributed by atoms with Gasteiger partial charge in [0.25, 0.3) is 5.91 Å². The molecule has 5 rings (SSSR count). The van der Waals surface area contributed by atoms with Crippen LogP contribution in [0.4, 0.5) is 5.69 Å². The fourth-order valence-electron chi connectivity index (χ4n) is 6.56. The van der Waals surface area contributed by atoms with Crippen molar-refractivity contribution >= 4 is 17.6 Å². The number of hydrogen-bond donors (Lipinski definition) is 1. The highest BCUT2D eigenvalue weighted by molar-refractivity contribution is 6.12. The maximum absolute atomic E-state index is 14.4. The molecular formula is C40H48N2O5. The summed E-state index contributed by atoms with van der Waals surface area (Å²) in [6.45, 7) is 14.3. The molecule has 3 aromatic carbocycles. The number of benzene rings is 3. The Morgan fingerprint density at radius 3 is 2.00 bits per heavy atom. The van der Waals surface area contributed by atoms with E-state index in [4.69, 9.17) is 14.2 Å². The Morgan fingerprint density at radius 1 is 0.872 bits per heavy atom. The SMILES string of the molecule is CC(C)c1c(C(=O)Nc2ccccc2)c(-c2ccccc2)c(-c2ccccc2)n1CC[C@@H]1C[C@H](CC(=O)OC(C)(C)C)OC(C)(C)O1. The van der Waals surface area contributed by atoms with Crippen LogP contribution in [0.15, 0.2) is 91.0 Å². The van der Waals surface area contributed by atoms with E-state index >= 15 is 0 Å². The van der Waals surface area contributed by atoms with Gasteiger partial charge in [0.05, 0.1) is 29.9 Å². The maximum atomic E-state index is 14.4. The molecule has 0 unspecified atom stereocenters. The first-order valence-electron chi connectivity index (χ1n) is 16.6. The Balaban J connectivity index is 1.57. The summed E-state index contributed by atoms with van der Waals surface area (Å²) in [5.74, 6) is -1.24. The first kappa shape index (κ1) is 34.1. The number of carbonyl (C=O) groups is 2. The lowest BCUT2D eigenvalue weighted by Gasteiger charge is -2.41. The number of nitrogens with zero attached hydrogens (tertiary/aromatic N) is 1. The predicted molar refractivity (Wildman–Crippen MR) is 187 cm³/mol. The van der Waals surface area contributed by atoms with E-state index in [9.17, 15) is 9.59 Å². The van der Waals surface area contributed by atoms with Crippen molar-refractivity contribution in [3.8, 4) is 22.4 Å². The predicted octanol–water partition coefficient (Wildman–Crippen LogP) is 9.23. The van der Waals surface area contributed by atoms with E-state index in [2.05, 4.69) is 48.0 Å². The molecule has 0 saturated carbocycles. The number of ether oxygens (including phenoxy) is 3. The molecule has 1 aliphatic rings. The molecule has 7 nitrogen and oxygen atoms in total. The molecule has 248 valence electrons. The van der Waals surface area contributed by atoms with Crippen LogP contribution >= 0.6 is 0 Å². The van der Waals surface area contributed by atoms with Crippen molar-refractivity contribution in [3.63, 3.8) is 0 Å². The average Bonchev–Trinajstić information content (AvgIpc) is 3.35. The van der Waals surface area contributed by atoms with Crippen LogP contribution in [0, 0.1) is 0 Å². The number of aromatic nitrogens is 1. The van der Waals surface area contributed by atoms with Crippen molar-refractivity contribution in [2.45, 2.75) is 104 Å². The largest absolute Gasteiger partial charge is 0.460 e. The van der Waals surface area contributed by atoms with Crippen LogP contribution in [-0.2, 0) is 25.5 Å². The van der Waals surface area contributed by atoms with Gasteiger partial charge in [-0.25, -0.2) is 0 Å². The van der Waals surface area contributed by atoms with E-state index in [1.807, 2.05) is 101 Å². The number of nitrogens with one attached hydrogen (secondary N) is 1. The lowest BCUT2D eigenvalue weighted by molar-refractivity contribution is -0.301. The van der Waals surface area contributed by atoms with Gasteiger partial charge in [-0.15, -0.1) is 0 Å². The highest BCUT2D eigenvalue weighted by atomic mass is 16.7. The number of amides is 1. The fraction of sp³-hybridized carbons (Fsp3) is 0.400. The molecule has 1 aromatic heterocycles. The molecule has 1 aliphatic heterocycles. The third kappa shape index (κ3) is 8.59. The van der Waals surface area contributed by atoms with Gasteiger partial charge in [-0.05, 0) is 70.2 Å². The highest BCUT2D eigenvalue weighted by Crippen LogP contribution is 2.43. The third-order valence-corrected chi connectivity index (χ3v) is 8.13. The van der Waals surface area contributed by atoms with Crippen LogP contribution in [0.1, 0.15) is 89.7 Å². The molecule has 0 spiro atoms. The Morgan fingerprint density at radius 2 is 1.43 bits per heavy atom. The van der Waals surface area contributed by atoms with E-state index in [1.165, 1.54) is 0 Å². The summed E-state index contributed by atoms with van der Waals surface area (Å²) < 4.78 is 20.5. The van der Waals surface area contributed by atoms with E-state index in [-0.39, 0.29) is 36.4 Å². The second-order valence-corrected chi connectivity index (χ2v) is 14.0. The van der Waals surface area contributed by atoms with Gasteiger partial charge in [-0.2, -0.15) is 0 Å². The maximum Gasteiger partial charge on any atom is 0.308 e. The topological polar surface area (TPSA) is 78.8 Å². The summed E-state index contributed by atoms with van der Waals surface area (Å²) >= 11 is 0. The van der Waals surface area contributed by atoms with Crippen molar-refractivity contribution in [1.29, 1.82) is 0 Å². The lowest BCUT2D eigenvalue weighted by Crippen LogP contribution is -2.46. The molecule has 1 saturated heterocycles. The van der Waals surface area contributed by atoms with Gasteiger partial charge in [-0.1, -0.05) is 92.7 Å². The normalized spacial score (nSPS) is 17.8. The molecule has 1 fully saturated rings. The number of esters is 1. The number of anilines is 1. The van der Waals surface area contributed by atoms with Crippen LogP contribution in [0.5, 0.6) is 0 Å². The van der Waals surface area contributed by atoms with E-state index < -0.39 is 11.4 Å². The first-order valence-corrected chi connectivity index (χ1v) is 16.6. The third-order valence-electron chi connectivity index (χ3n) is 8.13. The van der Waals surface area contributed by atoms with Gasteiger partial charge in [0.15, 0.2) is 5.79 Å². The van der Waals surface area contributed by atoms with Gasteiger partial charge in [0.1, 0.15) is 5.60 Å². The second-order valence-electron chi connectivity index (χ2n) is 14.0. The smallest absolute Gasteiger partial charge is 0.308 e. The quantitative estimate of drug-likeness (QED) is 0.176. The first-order chi connectivity index (χ1) is 22.3.